The number of nitrogens with zero attached hydrogens (tertiary/aromatic N) is 2. The number of carbonyl (C=O) groups excluding carboxylic acids is 2. The van der Waals surface area contributed by atoms with Crippen molar-refractivity contribution in [2.45, 2.75) is 64.1 Å². The van der Waals surface area contributed by atoms with Crippen LogP contribution in [0.1, 0.15) is 44.4 Å². The molecular weight excluding hydrogens is 617 g/mol. The lowest BCUT2D eigenvalue weighted by molar-refractivity contribution is -0.140. The summed E-state index contributed by atoms with van der Waals surface area (Å²) in [7, 11) is -4.33. The van der Waals surface area contributed by atoms with Crippen molar-refractivity contribution in [1.29, 1.82) is 0 Å². The van der Waals surface area contributed by atoms with Gasteiger partial charge in [0.05, 0.1) is 17.2 Å². The fourth-order valence-corrected chi connectivity index (χ4v) is 6.53. The Bertz CT molecular complexity index is 1760. The zero-order valence-corrected chi connectivity index (χ0v) is 28.3. The minimum Gasteiger partial charge on any atom is -0.494 e. The van der Waals surface area contributed by atoms with Crippen LogP contribution in [0.3, 0.4) is 0 Å². The number of ether oxygens (including phenoxy) is 1. The van der Waals surface area contributed by atoms with Crippen LogP contribution in [0, 0.1) is 12.7 Å². The number of aryl methyl sites for hydroxylation is 1. The van der Waals surface area contributed by atoms with E-state index >= 15 is 0 Å². The van der Waals surface area contributed by atoms with E-state index in [9.17, 15) is 22.4 Å². The highest BCUT2D eigenvalue weighted by molar-refractivity contribution is 7.92. The molecule has 0 aliphatic heterocycles. The number of rotatable bonds is 13. The van der Waals surface area contributed by atoms with Gasteiger partial charge >= 0.3 is 0 Å². The van der Waals surface area contributed by atoms with Gasteiger partial charge in [0.25, 0.3) is 10.0 Å². The Balaban J connectivity index is 1.81. The largest absolute Gasteiger partial charge is 0.494 e. The van der Waals surface area contributed by atoms with Crippen molar-refractivity contribution in [3.63, 3.8) is 0 Å². The van der Waals surface area contributed by atoms with E-state index < -0.39 is 39.9 Å². The Hall–Kier alpha value is -4.70. The minimum absolute atomic E-state index is 0.0565. The van der Waals surface area contributed by atoms with Crippen molar-refractivity contribution in [1.82, 2.24) is 10.2 Å². The summed E-state index contributed by atoms with van der Waals surface area (Å²) >= 11 is 0. The highest BCUT2D eigenvalue weighted by Gasteiger charge is 2.35. The van der Waals surface area contributed by atoms with Crippen LogP contribution in [-0.4, -0.2) is 49.9 Å². The van der Waals surface area contributed by atoms with Gasteiger partial charge in [-0.1, -0.05) is 54.6 Å². The molecule has 0 saturated carbocycles. The zero-order chi connectivity index (χ0) is 34.2. The molecule has 47 heavy (non-hydrogen) atoms. The van der Waals surface area contributed by atoms with Gasteiger partial charge in [-0.25, -0.2) is 12.8 Å². The third kappa shape index (κ3) is 9.42. The molecule has 1 N–H and O–H groups in total. The molecule has 0 spiro atoms. The smallest absolute Gasteiger partial charge is 0.264 e. The summed E-state index contributed by atoms with van der Waals surface area (Å²) < 4.78 is 48.8. The van der Waals surface area contributed by atoms with E-state index in [4.69, 9.17) is 4.74 Å². The minimum atomic E-state index is -4.33. The van der Waals surface area contributed by atoms with E-state index in [0.29, 0.717) is 12.4 Å². The van der Waals surface area contributed by atoms with Gasteiger partial charge < -0.3 is 15.0 Å². The molecule has 2 amide bonds. The van der Waals surface area contributed by atoms with E-state index in [-0.39, 0.29) is 29.5 Å². The van der Waals surface area contributed by atoms with E-state index in [0.717, 1.165) is 33.1 Å². The van der Waals surface area contributed by atoms with Crippen LogP contribution in [0.4, 0.5) is 10.1 Å². The topological polar surface area (TPSA) is 96.0 Å². The molecule has 4 aromatic carbocycles. The molecule has 0 bridgehead atoms. The highest BCUT2D eigenvalue weighted by atomic mass is 32.2. The molecule has 0 aliphatic rings. The number of amides is 2. The van der Waals surface area contributed by atoms with Gasteiger partial charge in [-0.2, -0.15) is 0 Å². The summed E-state index contributed by atoms with van der Waals surface area (Å²) in [4.78, 5) is 29.9. The lowest BCUT2D eigenvalue weighted by Crippen LogP contribution is -2.56. The normalized spacial score (nSPS) is 12.2. The van der Waals surface area contributed by atoms with Crippen LogP contribution in [0.15, 0.2) is 108 Å². The number of hydrogen-bond donors (Lipinski definition) is 1. The second kappa shape index (κ2) is 15.3. The summed E-state index contributed by atoms with van der Waals surface area (Å²) in [5.74, 6) is -1.03. The maximum atomic E-state index is 14.6. The summed E-state index contributed by atoms with van der Waals surface area (Å²) in [5.41, 5.74) is 2.06. The first-order chi connectivity index (χ1) is 22.3. The van der Waals surface area contributed by atoms with Crippen molar-refractivity contribution in [2.24, 2.45) is 0 Å². The first kappa shape index (κ1) is 35.2. The number of anilines is 1. The molecule has 0 saturated heterocycles. The molecule has 1 unspecified atom stereocenters. The molecule has 0 heterocycles. The predicted molar refractivity (Wildman–Crippen MR) is 182 cm³/mol. The van der Waals surface area contributed by atoms with Crippen molar-refractivity contribution in [2.75, 3.05) is 17.5 Å². The number of sulfonamides is 1. The number of hydrogen-bond acceptors (Lipinski definition) is 5. The molecule has 8 nitrogen and oxygen atoms in total. The molecular formula is C37H42FN3O5S. The Kier molecular flexibility index (Phi) is 11.4. The highest BCUT2D eigenvalue weighted by Crippen LogP contribution is 2.27. The fraction of sp³-hybridized carbons (Fsp3) is 0.297. The molecule has 0 fully saturated rings. The van der Waals surface area contributed by atoms with Crippen molar-refractivity contribution in [3.05, 3.63) is 126 Å². The van der Waals surface area contributed by atoms with Crippen LogP contribution < -0.4 is 14.4 Å². The maximum absolute atomic E-state index is 14.6. The van der Waals surface area contributed by atoms with Gasteiger partial charge in [0.1, 0.15) is 24.2 Å². The van der Waals surface area contributed by atoms with Crippen LogP contribution in [0.5, 0.6) is 5.75 Å². The number of nitrogens with one attached hydrogen (secondary N) is 1. The third-order valence-electron chi connectivity index (χ3n) is 7.49. The van der Waals surface area contributed by atoms with E-state index in [1.165, 1.54) is 41.3 Å². The fourth-order valence-electron chi connectivity index (χ4n) is 5.12. The van der Waals surface area contributed by atoms with Crippen LogP contribution >= 0.6 is 0 Å². The number of halogens is 1. The van der Waals surface area contributed by atoms with Gasteiger partial charge in [-0.3, -0.25) is 13.9 Å². The Labute approximate surface area is 277 Å². The molecule has 0 aromatic heterocycles. The Morgan fingerprint density at radius 1 is 0.872 bits per heavy atom. The maximum Gasteiger partial charge on any atom is 0.264 e. The molecule has 248 valence electrons. The van der Waals surface area contributed by atoms with Gasteiger partial charge in [0.2, 0.25) is 11.8 Å². The standard InChI is InChI=1S/C37H42FN3O5S/c1-6-46-32-20-22-33(23-21-32)47(44,45)41(31-18-16-30(38)17-19-31)26-35(42)40(25-29-15-11-10-12-27(29)2)34(36(43)39-37(3,4)5)24-28-13-8-7-9-14-28/h7-23,34H,6,24-26H2,1-5H3,(H,39,43). The third-order valence-corrected chi connectivity index (χ3v) is 9.28. The van der Waals surface area contributed by atoms with Crippen molar-refractivity contribution >= 4 is 27.5 Å². The van der Waals surface area contributed by atoms with Crippen LogP contribution in [0.25, 0.3) is 0 Å². The lowest BCUT2D eigenvalue weighted by atomic mass is 10.00. The summed E-state index contributed by atoms with van der Waals surface area (Å²) in [6, 6.07) is 26.7. The van der Waals surface area contributed by atoms with Crippen LogP contribution in [0.2, 0.25) is 0 Å². The number of carbonyl (C=O) groups is 2. The molecule has 1 atom stereocenters. The Morgan fingerprint density at radius 2 is 1.49 bits per heavy atom. The van der Waals surface area contributed by atoms with Crippen molar-refractivity contribution < 1.29 is 27.1 Å². The molecule has 0 radical (unpaired) electrons. The first-order valence-electron chi connectivity index (χ1n) is 15.5. The predicted octanol–water partition coefficient (Wildman–Crippen LogP) is 6.28. The van der Waals surface area contributed by atoms with Gasteiger partial charge in [0, 0.05) is 18.5 Å². The molecule has 10 heteroatoms. The second-order valence-corrected chi connectivity index (χ2v) is 14.1. The number of benzene rings is 4. The molecule has 0 aliphatic carbocycles. The second-order valence-electron chi connectivity index (χ2n) is 12.3. The zero-order valence-electron chi connectivity index (χ0n) is 27.4. The van der Waals surface area contributed by atoms with Gasteiger partial charge in [-0.15, -0.1) is 0 Å². The van der Waals surface area contributed by atoms with E-state index in [1.807, 2.05) is 89.2 Å². The Morgan fingerprint density at radius 3 is 2.09 bits per heavy atom. The SMILES string of the molecule is CCOc1ccc(S(=O)(=O)N(CC(=O)N(Cc2ccccc2C)C(Cc2ccccc2)C(=O)NC(C)(C)C)c2ccc(F)cc2)cc1. The van der Waals surface area contributed by atoms with Crippen LogP contribution in [-0.2, 0) is 32.6 Å². The average Bonchev–Trinajstić information content (AvgIpc) is 3.03. The quantitative estimate of drug-likeness (QED) is 0.182. The monoisotopic (exact) mass is 659 g/mol. The summed E-state index contributed by atoms with van der Waals surface area (Å²) in [6.45, 7) is 9.14. The van der Waals surface area contributed by atoms with Gasteiger partial charge in [0.15, 0.2) is 0 Å². The summed E-state index contributed by atoms with van der Waals surface area (Å²) in [6.07, 6.45) is 0.197. The van der Waals surface area contributed by atoms with E-state index in [2.05, 4.69) is 5.32 Å². The lowest BCUT2D eigenvalue weighted by Gasteiger charge is -2.35. The van der Waals surface area contributed by atoms with Gasteiger partial charge in [-0.05, 0) is 99.8 Å². The molecule has 4 aromatic rings. The van der Waals surface area contributed by atoms with Crippen molar-refractivity contribution in [3.8, 4) is 5.75 Å². The van der Waals surface area contributed by atoms with E-state index in [1.54, 1.807) is 0 Å². The molecule has 4 rings (SSSR count). The average molecular weight is 660 g/mol. The first-order valence-corrected chi connectivity index (χ1v) is 16.9. The summed E-state index contributed by atoms with van der Waals surface area (Å²) in [5, 5.41) is 3.02.